The van der Waals surface area contributed by atoms with Crippen molar-refractivity contribution in [3.05, 3.63) is 82.7 Å². The van der Waals surface area contributed by atoms with E-state index in [1.165, 1.54) is 22.3 Å². The van der Waals surface area contributed by atoms with Crippen LogP contribution in [0.5, 0.6) is 0 Å². The van der Waals surface area contributed by atoms with Crippen LogP contribution >= 0.6 is 0 Å². The number of carbonyl (C=O) groups is 1. The van der Waals surface area contributed by atoms with Crippen molar-refractivity contribution in [3.63, 3.8) is 0 Å². The third-order valence-corrected chi connectivity index (χ3v) is 8.03. The Labute approximate surface area is 232 Å². The van der Waals surface area contributed by atoms with Gasteiger partial charge in [0.2, 0.25) is 5.91 Å². The summed E-state index contributed by atoms with van der Waals surface area (Å²) in [5, 5.41) is 3.07. The van der Waals surface area contributed by atoms with Gasteiger partial charge >= 0.3 is 0 Å². The van der Waals surface area contributed by atoms with E-state index >= 15 is 0 Å². The molecule has 0 aromatic rings. The Kier molecular flexibility index (Phi) is 12.4. The molecule has 0 saturated heterocycles. The molecule has 1 N–H and O–H groups in total. The predicted molar refractivity (Wildman–Crippen MR) is 161 cm³/mol. The molecule has 1 atom stereocenters. The summed E-state index contributed by atoms with van der Waals surface area (Å²) in [6.45, 7) is 10.2. The zero-order valence-electron chi connectivity index (χ0n) is 24.4. The minimum Gasteiger partial charge on any atom is -0.494 e. The van der Waals surface area contributed by atoms with E-state index in [0.717, 1.165) is 89.6 Å². The van der Waals surface area contributed by atoms with Gasteiger partial charge in [-0.3, -0.25) is 4.79 Å². The van der Waals surface area contributed by atoms with Crippen molar-refractivity contribution >= 4 is 5.91 Å². The third-order valence-electron chi connectivity index (χ3n) is 8.03. The van der Waals surface area contributed by atoms with E-state index < -0.39 is 5.41 Å². The van der Waals surface area contributed by atoms with Gasteiger partial charge in [0.25, 0.3) is 0 Å². The lowest BCUT2D eigenvalue weighted by Crippen LogP contribution is -2.45. The summed E-state index contributed by atoms with van der Waals surface area (Å²) >= 11 is 0. The molecule has 0 aromatic carbocycles. The highest BCUT2D eigenvalue weighted by molar-refractivity contribution is 5.89. The minimum absolute atomic E-state index is 0.152. The van der Waals surface area contributed by atoms with Crippen LogP contribution < -0.4 is 5.32 Å². The van der Waals surface area contributed by atoms with Gasteiger partial charge in [-0.05, 0) is 109 Å². The Morgan fingerprint density at radius 3 is 2.53 bits per heavy atom. The smallest absolute Gasteiger partial charge is 0.234 e. The SMILES string of the molecule is CCCN(CCCC1=CCC=C(OCC)C(C)=C1)CC[C@@](C(=O)NC)(C1=CC=CCC1)C1=CC=CCCC1. The number of hydrogen-bond donors (Lipinski definition) is 1. The standard InChI is InChI=1S/C34H50N2O2/c1-5-24-36(25-15-17-29-16-14-22-32(38-6-2)28(3)27-29)26-23-34(33(37)35-4,31-20-12-9-13-21-31)30-18-10-7-8-11-19-30/h7,9-10,12,16,18,20,22,27H,5-6,8,11,13-15,17,19,21,23-26H2,1-4H3,(H,35,37)/t34-/m0/s1. The molecule has 0 saturated carbocycles. The molecule has 0 aromatic heterocycles. The largest absolute Gasteiger partial charge is 0.494 e. The van der Waals surface area contributed by atoms with Gasteiger partial charge in [-0.2, -0.15) is 0 Å². The number of ether oxygens (including phenoxy) is 1. The van der Waals surface area contributed by atoms with Crippen molar-refractivity contribution in [1.82, 2.24) is 10.2 Å². The number of rotatable bonds is 14. The second-order valence-corrected chi connectivity index (χ2v) is 10.7. The molecule has 4 nitrogen and oxygen atoms in total. The first-order chi connectivity index (χ1) is 18.5. The number of amides is 1. The third kappa shape index (κ3) is 7.96. The van der Waals surface area contributed by atoms with E-state index in [0.29, 0.717) is 6.61 Å². The van der Waals surface area contributed by atoms with Crippen molar-refractivity contribution in [3.8, 4) is 0 Å². The average Bonchev–Trinajstić information content (AvgIpc) is 3.31. The fraction of sp³-hybridized carbons (Fsp3) is 0.559. The van der Waals surface area contributed by atoms with Crippen LogP contribution in [0.1, 0.15) is 85.0 Å². The van der Waals surface area contributed by atoms with Gasteiger partial charge in [0.15, 0.2) is 0 Å². The fourth-order valence-electron chi connectivity index (χ4n) is 6.11. The van der Waals surface area contributed by atoms with Crippen LogP contribution in [-0.4, -0.2) is 44.1 Å². The van der Waals surface area contributed by atoms with Crippen LogP contribution in [0.3, 0.4) is 0 Å². The molecule has 208 valence electrons. The molecule has 0 radical (unpaired) electrons. The quantitative estimate of drug-likeness (QED) is 0.256. The Morgan fingerprint density at radius 2 is 1.79 bits per heavy atom. The van der Waals surface area contributed by atoms with Gasteiger partial charge in [0.1, 0.15) is 5.76 Å². The molecule has 3 aliphatic rings. The molecular formula is C34H50N2O2. The lowest BCUT2D eigenvalue weighted by atomic mass is 9.66. The van der Waals surface area contributed by atoms with Crippen molar-refractivity contribution in [2.24, 2.45) is 5.41 Å². The molecule has 0 fully saturated rings. The Morgan fingerprint density at radius 1 is 1.03 bits per heavy atom. The molecular weight excluding hydrogens is 468 g/mol. The highest BCUT2D eigenvalue weighted by atomic mass is 16.5. The lowest BCUT2D eigenvalue weighted by Gasteiger charge is -2.39. The normalized spacial score (nSPS) is 19.3. The van der Waals surface area contributed by atoms with Crippen LogP contribution in [-0.2, 0) is 9.53 Å². The number of allylic oxidation sites excluding steroid dienone is 11. The summed E-state index contributed by atoms with van der Waals surface area (Å²) in [4.78, 5) is 16.4. The second-order valence-electron chi connectivity index (χ2n) is 10.7. The van der Waals surface area contributed by atoms with Crippen LogP contribution in [0.4, 0.5) is 0 Å². The monoisotopic (exact) mass is 518 g/mol. The molecule has 0 spiro atoms. The van der Waals surface area contributed by atoms with Crippen LogP contribution in [0, 0.1) is 5.41 Å². The molecule has 0 aliphatic heterocycles. The topological polar surface area (TPSA) is 41.6 Å². The van der Waals surface area contributed by atoms with Gasteiger partial charge in [-0.1, -0.05) is 72.3 Å². The van der Waals surface area contributed by atoms with Crippen molar-refractivity contribution in [2.45, 2.75) is 85.0 Å². The lowest BCUT2D eigenvalue weighted by molar-refractivity contribution is -0.127. The van der Waals surface area contributed by atoms with Gasteiger partial charge in [-0.15, -0.1) is 0 Å². The van der Waals surface area contributed by atoms with Crippen LogP contribution in [0.25, 0.3) is 0 Å². The van der Waals surface area contributed by atoms with Crippen molar-refractivity contribution in [2.75, 3.05) is 33.3 Å². The fourth-order valence-corrected chi connectivity index (χ4v) is 6.11. The minimum atomic E-state index is -0.564. The molecule has 0 bridgehead atoms. The Balaban J connectivity index is 1.74. The molecule has 38 heavy (non-hydrogen) atoms. The highest BCUT2D eigenvalue weighted by Crippen LogP contribution is 2.45. The van der Waals surface area contributed by atoms with Gasteiger partial charge in [-0.25, -0.2) is 0 Å². The van der Waals surface area contributed by atoms with E-state index in [1.54, 1.807) is 7.05 Å². The first kappa shape index (κ1) is 30.0. The van der Waals surface area contributed by atoms with Crippen LogP contribution in [0.2, 0.25) is 0 Å². The molecule has 0 heterocycles. The first-order valence-corrected chi connectivity index (χ1v) is 14.9. The molecule has 4 heteroatoms. The number of hydrogen-bond acceptors (Lipinski definition) is 3. The van der Waals surface area contributed by atoms with E-state index in [9.17, 15) is 4.79 Å². The van der Waals surface area contributed by atoms with Crippen LogP contribution in [0.15, 0.2) is 82.7 Å². The summed E-state index contributed by atoms with van der Waals surface area (Å²) in [7, 11) is 1.80. The van der Waals surface area contributed by atoms with E-state index in [4.69, 9.17) is 4.74 Å². The Bertz CT molecular complexity index is 1010. The van der Waals surface area contributed by atoms with Gasteiger partial charge in [0, 0.05) is 7.05 Å². The number of nitrogens with one attached hydrogen (secondary N) is 1. The van der Waals surface area contributed by atoms with Crippen molar-refractivity contribution < 1.29 is 9.53 Å². The molecule has 0 unspecified atom stereocenters. The number of carbonyl (C=O) groups excluding carboxylic acids is 1. The maximum absolute atomic E-state index is 13.8. The summed E-state index contributed by atoms with van der Waals surface area (Å²) in [5.41, 5.74) is 4.62. The summed E-state index contributed by atoms with van der Waals surface area (Å²) in [5.74, 6) is 1.17. The Hall–Kier alpha value is -2.59. The summed E-state index contributed by atoms with van der Waals surface area (Å²) in [6, 6.07) is 0. The average molecular weight is 519 g/mol. The van der Waals surface area contributed by atoms with E-state index in [1.807, 2.05) is 6.92 Å². The zero-order chi connectivity index (χ0) is 27.2. The molecule has 3 aliphatic carbocycles. The molecule has 1 amide bonds. The maximum Gasteiger partial charge on any atom is 0.234 e. The van der Waals surface area contributed by atoms with Gasteiger partial charge in [0.05, 0.1) is 12.0 Å². The maximum atomic E-state index is 13.8. The van der Waals surface area contributed by atoms with Crippen molar-refractivity contribution in [1.29, 1.82) is 0 Å². The predicted octanol–water partition coefficient (Wildman–Crippen LogP) is 7.74. The van der Waals surface area contributed by atoms with Gasteiger partial charge < -0.3 is 15.0 Å². The highest BCUT2D eigenvalue weighted by Gasteiger charge is 2.44. The summed E-state index contributed by atoms with van der Waals surface area (Å²) < 4.78 is 5.80. The van der Waals surface area contributed by atoms with E-state index in [2.05, 4.69) is 78.7 Å². The zero-order valence-corrected chi connectivity index (χ0v) is 24.4. The summed E-state index contributed by atoms with van der Waals surface area (Å²) in [6.07, 6.45) is 30.2. The second kappa shape index (κ2) is 15.7. The first-order valence-electron chi connectivity index (χ1n) is 14.9. The van der Waals surface area contributed by atoms with E-state index in [-0.39, 0.29) is 5.91 Å². The number of nitrogens with zero attached hydrogens (tertiary/aromatic N) is 1. The molecule has 3 rings (SSSR count).